The average molecular weight is 265 g/mol. The second kappa shape index (κ2) is 6.66. The first kappa shape index (κ1) is 14.0. The molecule has 0 aromatic heterocycles. The lowest BCUT2D eigenvalue weighted by Crippen LogP contribution is -2.29. The van der Waals surface area contributed by atoms with E-state index in [2.05, 4.69) is 4.90 Å². The van der Waals surface area contributed by atoms with Crippen molar-refractivity contribution < 1.29 is 14.2 Å². The highest BCUT2D eigenvalue weighted by Gasteiger charge is 2.16. The van der Waals surface area contributed by atoms with Gasteiger partial charge in [0.05, 0.1) is 21.3 Å². The zero-order valence-electron chi connectivity index (χ0n) is 12.1. The molecule has 1 fully saturated rings. The Balaban J connectivity index is 2.20. The first-order chi connectivity index (χ1) is 9.28. The maximum atomic E-state index is 5.39. The Kier molecular flexibility index (Phi) is 4.91. The van der Waals surface area contributed by atoms with Gasteiger partial charge >= 0.3 is 0 Å². The lowest BCUT2D eigenvalue weighted by Gasteiger charge is -2.26. The number of likely N-dealkylation sites (tertiary alicyclic amines) is 1. The predicted molar refractivity (Wildman–Crippen MR) is 75.2 cm³/mol. The molecule has 0 unspecified atom stereocenters. The molecule has 2 rings (SSSR count). The van der Waals surface area contributed by atoms with Gasteiger partial charge < -0.3 is 14.2 Å². The first-order valence-corrected chi connectivity index (χ1v) is 6.79. The van der Waals surface area contributed by atoms with Gasteiger partial charge in [0.2, 0.25) is 5.75 Å². The van der Waals surface area contributed by atoms with E-state index in [0.717, 1.165) is 18.0 Å². The third-order valence-electron chi connectivity index (χ3n) is 3.58. The quantitative estimate of drug-likeness (QED) is 0.819. The van der Waals surface area contributed by atoms with Gasteiger partial charge in [0.25, 0.3) is 0 Å². The van der Waals surface area contributed by atoms with Crippen LogP contribution in [0.2, 0.25) is 0 Å². The molecule has 1 saturated heterocycles. The van der Waals surface area contributed by atoms with E-state index in [9.17, 15) is 0 Å². The first-order valence-electron chi connectivity index (χ1n) is 6.79. The summed E-state index contributed by atoms with van der Waals surface area (Å²) in [5, 5.41) is 0. The molecule has 0 saturated carbocycles. The van der Waals surface area contributed by atoms with Crippen LogP contribution in [-0.2, 0) is 6.54 Å². The third kappa shape index (κ3) is 3.32. The standard InChI is InChI=1S/C15H23NO3/c1-17-13-9-12(10-14(18-2)15(13)19-3)11-16-7-5-4-6-8-16/h9-10H,4-8,11H2,1-3H3. The molecular weight excluding hydrogens is 242 g/mol. The normalized spacial score (nSPS) is 16.2. The molecule has 0 bridgehead atoms. The molecule has 0 amide bonds. The van der Waals surface area contributed by atoms with E-state index < -0.39 is 0 Å². The molecule has 1 aliphatic rings. The number of piperidine rings is 1. The summed E-state index contributed by atoms with van der Waals surface area (Å²) in [7, 11) is 4.94. The summed E-state index contributed by atoms with van der Waals surface area (Å²) in [6, 6.07) is 4.08. The van der Waals surface area contributed by atoms with E-state index in [1.807, 2.05) is 12.1 Å². The Morgan fingerprint density at radius 1 is 0.895 bits per heavy atom. The monoisotopic (exact) mass is 265 g/mol. The maximum Gasteiger partial charge on any atom is 0.203 e. The zero-order valence-corrected chi connectivity index (χ0v) is 12.1. The van der Waals surface area contributed by atoms with Crippen LogP contribution in [0.1, 0.15) is 24.8 Å². The highest BCUT2D eigenvalue weighted by atomic mass is 16.5. The van der Waals surface area contributed by atoms with E-state index in [1.54, 1.807) is 21.3 Å². The third-order valence-corrected chi connectivity index (χ3v) is 3.58. The fourth-order valence-corrected chi connectivity index (χ4v) is 2.60. The van der Waals surface area contributed by atoms with Gasteiger partial charge in [-0.2, -0.15) is 0 Å². The Hall–Kier alpha value is -1.42. The van der Waals surface area contributed by atoms with Gasteiger partial charge in [-0.3, -0.25) is 4.90 Å². The van der Waals surface area contributed by atoms with Crippen LogP contribution in [0.4, 0.5) is 0 Å². The largest absolute Gasteiger partial charge is 0.493 e. The van der Waals surface area contributed by atoms with Crippen molar-refractivity contribution >= 4 is 0 Å². The lowest BCUT2D eigenvalue weighted by atomic mass is 10.1. The van der Waals surface area contributed by atoms with Crippen molar-refractivity contribution in [3.63, 3.8) is 0 Å². The summed E-state index contributed by atoms with van der Waals surface area (Å²) < 4.78 is 16.1. The number of benzene rings is 1. The maximum absolute atomic E-state index is 5.39. The Labute approximate surface area is 115 Å². The van der Waals surface area contributed by atoms with Crippen molar-refractivity contribution in [1.29, 1.82) is 0 Å². The van der Waals surface area contributed by atoms with Crippen LogP contribution >= 0.6 is 0 Å². The minimum absolute atomic E-state index is 0.660. The van der Waals surface area contributed by atoms with Gasteiger partial charge in [0.1, 0.15) is 0 Å². The minimum atomic E-state index is 0.660. The van der Waals surface area contributed by atoms with Crippen molar-refractivity contribution in [1.82, 2.24) is 4.90 Å². The summed E-state index contributed by atoms with van der Waals surface area (Å²) in [5.74, 6) is 2.12. The van der Waals surface area contributed by atoms with Gasteiger partial charge in [0.15, 0.2) is 11.5 Å². The van der Waals surface area contributed by atoms with E-state index in [0.29, 0.717) is 5.75 Å². The van der Waals surface area contributed by atoms with Crippen molar-refractivity contribution in [3.8, 4) is 17.2 Å². The lowest BCUT2D eigenvalue weighted by molar-refractivity contribution is 0.220. The molecule has 1 aromatic rings. The summed E-state index contributed by atoms with van der Waals surface area (Å²) in [5.41, 5.74) is 1.21. The van der Waals surface area contributed by atoms with Crippen molar-refractivity contribution in [2.24, 2.45) is 0 Å². The highest BCUT2D eigenvalue weighted by molar-refractivity contribution is 5.53. The molecule has 4 heteroatoms. The van der Waals surface area contributed by atoms with E-state index in [1.165, 1.54) is 37.9 Å². The molecule has 0 aliphatic carbocycles. The minimum Gasteiger partial charge on any atom is -0.493 e. The molecular formula is C15H23NO3. The van der Waals surface area contributed by atoms with Crippen LogP contribution in [0, 0.1) is 0 Å². The highest BCUT2D eigenvalue weighted by Crippen LogP contribution is 2.38. The molecule has 0 N–H and O–H groups in total. The van der Waals surface area contributed by atoms with Gasteiger partial charge in [0, 0.05) is 6.54 Å². The van der Waals surface area contributed by atoms with Crippen LogP contribution in [0.5, 0.6) is 17.2 Å². The van der Waals surface area contributed by atoms with Gasteiger partial charge in [-0.15, -0.1) is 0 Å². The van der Waals surface area contributed by atoms with Crippen molar-refractivity contribution in [3.05, 3.63) is 17.7 Å². The van der Waals surface area contributed by atoms with Crippen LogP contribution in [0.3, 0.4) is 0 Å². The van der Waals surface area contributed by atoms with Gasteiger partial charge in [-0.25, -0.2) is 0 Å². The molecule has 1 heterocycles. The second-order valence-electron chi connectivity index (χ2n) is 4.87. The van der Waals surface area contributed by atoms with E-state index in [-0.39, 0.29) is 0 Å². The molecule has 19 heavy (non-hydrogen) atoms. The number of nitrogens with zero attached hydrogens (tertiary/aromatic N) is 1. The molecule has 0 spiro atoms. The van der Waals surface area contributed by atoms with Crippen molar-refractivity contribution in [2.75, 3.05) is 34.4 Å². The Bertz CT molecular complexity index is 389. The molecule has 4 nitrogen and oxygen atoms in total. The topological polar surface area (TPSA) is 30.9 Å². The van der Waals surface area contributed by atoms with Crippen molar-refractivity contribution in [2.45, 2.75) is 25.8 Å². The predicted octanol–water partition coefficient (Wildman–Crippen LogP) is 2.70. The average Bonchev–Trinajstić information content (AvgIpc) is 2.47. The zero-order chi connectivity index (χ0) is 13.7. The summed E-state index contributed by atoms with van der Waals surface area (Å²) >= 11 is 0. The molecule has 0 radical (unpaired) electrons. The van der Waals surface area contributed by atoms with Gasteiger partial charge in [-0.1, -0.05) is 6.42 Å². The van der Waals surface area contributed by atoms with Gasteiger partial charge in [-0.05, 0) is 43.6 Å². The fourth-order valence-electron chi connectivity index (χ4n) is 2.60. The molecule has 1 aliphatic heterocycles. The molecule has 106 valence electrons. The summed E-state index contributed by atoms with van der Waals surface area (Å²) in [6.07, 6.45) is 3.95. The second-order valence-corrected chi connectivity index (χ2v) is 4.87. The van der Waals surface area contributed by atoms with E-state index in [4.69, 9.17) is 14.2 Å². The number of ether oxygens (including phenoxy) is 3. The Morgan fingerprint density at radius 2 is 1.47 bits per heavy atom. The summed E-state index contributed by atoms with van der Waals surface area (Å²) in [4.78, 5) is 2.48. The van der Waals surface area contributed by atoms with E-state index >= 15 is 0 Å². The Morgan fingerprint density at radius 3 is 1.95 bits per heavy atom. The summed E-state index contributed by atoms with van der Waals surface area (Å²) in [6.45, 7) is 3.30. The molecule has 0 atom stereocenters. The molecule has 1 aromatic carbocycles. The SMILES string of the molecule is COc1cc(CN2CCCCC2)cc(OC)c1OC. The fraction of sp³-hybridized carbons (Fsp3) is 0.600. The van der Waals surface area contributed by atoms with Crippen LogP contribution in [-0.4, -0.2) is 39.3 Å². The van der Waals surface area contributed by atoms with Crippen LogP contribution in [0.15, 0.2) is 12.1 Å². The number of hydrogen-bond donors (Lipinski definition) is 0. The number of rotatable bonds is 5. The number of methoxy groups -OCH3 is 3. The smallest absolute Gasteiger partial charge is 0.203 e. The number of hydrogen-bond acceptors (Lipinski definition) is 4. The van der Waals surface area contributed by atoms with Crippen LogP contribution < -0.4 is 14.2 Å². The van der Waals surface area contributed by atoms with Crippen LogP contribution in [0.25, 0.3) is 0 Å².